The van der Waals surface area contributed by atoms with Gasteiger partial charge in [0.25, 0.3) is 0 Å². The molecule has 0 saturated heterocycles. The van der Waals surface area contributed by atoms with Crippen molar-refractivity contribution >= 4 is 22.4 Å². The number of nitrogens with one attached hydrogen (secondary N) is 1. The molecule has 1 heterocycles. The number of carbonyl (C=O) groups is 1. The van der Waals surface area contributed by atoms with Gasteiger partial charge in [0.2, 0.25) is 0 Å². The molecule has 1 aromatic heterocycles. The first-order valence-corrected chi connectivity index (χ1v) is 6.10. The lowest BCUT2D eigenvalue weighted by Gasteiger charge is -2.01. The Morgan fingerprint density at radius 1 is 1.20 bits per heavy atom. The van der Waals surface area contributed by atoms with Crippen LogP contribution in [0.2, 0.25) is 0 Å². The number of nitriles is 1. The van der Waals surface area contributed by atoms with Crippen molar-refractivity contribution in [2.45, 2.75) is 0 Å². The van der Waals surface area contributed by atoms with E-state index in [0.717, 1.165) is 10.9 Å². The van der Waals surface area contributed by atoms with Crippen molar-refractivity contribution in [1.29, 1.82) is 5.26 Å². The number of nitrogens with two attached hydrogens (primary N) is 1. The molecule has 0 amide bonds. The maximum Gasteiger partial charge on any atom is 0.195 e. The van der Waals surface area contributed by atoms with Crippen molar-refractivity contribution in [1.82, 2.24) is 4.98 Å². The molecule has 0 saturated carbocycles. The number of H-pyrrole nitrogens is 1. The number of nitrogen functional groups attached to an aromatic ring is 1. The Morgan fingerprint density at radius 2 is 2.05 bits per heavy atom. The van der Waals surface area contributed by atoms with E-state index in [4.69, 9.17) is 11.0 Å². The van der Waals surface area contributed by atoms with Crippen LogP contribution >= 0.6 is 0 Å². The van der Waals surface area contributed by atoms with Gasteiger partial charge in [-0.15, -0.1) is 0 Å². The number of anilines is 1. The molecule has 0 radical (unpaired) electrons. The number of hydrogen-bond acceptors (Lipinski definition) is 3. The molecule has 20 heavy (non-hydrogen) atoms. The van der Waals surface area contributed by atoms with Crippen molar-refractivity contribution in [3.8, 4) is 6.07 Å². The van der Waals surface area contributed by atoms with Gasteiger partial charge in [0.15, 0.2) is 5.78 Å². The van der Waals surface area contributed by atoms with Gasteiger partial charge in [0.1, 0.15) is 0 Å². The van der Waals surface area contributed by atoms with Gasteiger partial charge in [-0.3, -0.25) is 4.79 Å². The Labute approximate surface area is 115 Å². The van der Waals surface area contributed by atoms with Crippen molar-refractivity contribution in [3.63, 3.8) is 0 Å². The predicted molar refractivity (Wildman–Crippen MR) is 77.3 cm³/mol. The van der Waals surface area contributed by atoms with Crippen LogP contribution in [0, 0.1) is 11.3 Å². The second kappa shape index (κ2) is 4.56. The second-order valence-corrected chi connectivity index (χ2v) is 4.53. The van der Waals surface area contributed by atoms with E-state index in [0.29, 0.717) is 22.4 Å². The fraction of sp³-hybridized carbons (Fsp3) is 0. The number of hydrogen-bond donors (Lipinski definition) is 2. The Hall–Kier alpha value is -3.06. The summed E-state index contributed by atoms with van der Waals surface area (Å²) in [4.78, 5) is 15.5. The van der Waals surface area contributed by atoms with Gasteiger partial charge in [-0.1, -0.05) is 18.2 Å². The maximum absolute atomic E-state index is 12.5. The highest BCUT2D eigenvalue weighted by Gasteiger charge is 2.14. The fourth-order valence-electron chi connectivity index (χ4n) is 2.22. The molecular formula is C16H11N3O. The molecule has 0 bridgehead atoms. The molecule has 0 aliphatic rings. The Kier molecular flexibility index (Phi) is 2.73. The Morgan fingerprint density at radius 3 is 2.80 bits per heavy atom. The first-order valence-electron chi connectivity index (χ1n) is 6.10. The number of aromatic amines is 1. The van der Waals surface area contributed by atoms with Gasteiger partial charge in [-0.05, 0) is 24.3 Å². The summed E-state index contributed by atoms with van der Waals surface area (Å²) in [7, 11) is 0. The van der Waals surface area contributed by atoms with E-state index in [-0.39, 0.29) is 5.78 Å². The first-order chi connectivity index (χ1) is 9.69. The standard InChI is InChI=1S/C16H11N3O/c17-8-10-4-5-13-14(9-19-15(13)6-10)16(20)11-2-1-3-12(18)7-11/h1-7,9,19H,18H2. The smallest absolute Gasteiger partial charge is 0.195 e. The van der Waals surface area contributed by atoms with E-state index in [1.807, 2.05) is 0 Å². The number of rotatable bonds is 2. The highest BCUT2D eigenvalue weighted by atomic mass is 16.1. The molecule has 3 rings (SSSR count). The molecule has 96 valence electrons. The minimum Gasteiger partial charge on any atom is -0.399 e. The minimum atomic E-state index is -0.0896. The van der Waals surface area contributed by atoms with Gasteiger partial charge in [0, 0.05) is 33.9 Å². The molecule has 0 fully saturated rings. The van der Waals surface area contributed by atoms with Crippen LogP contribution in [0.5, 0.6) is 0 Å². The number of fused-ring (bicyclic) bond motifs is 1. The van der Waals surface area contributed by atoms with E-state index >= 15 is 0 Å². The highest BCUT2D eigenvalue weighted by molar-refractivity contribution is 6.16. The summed E-state index contributed by atoms with van der Waals surface area (Å²) in [5.74, 6) is -0.0896. The summed E-state index contributed by atoms with van der Waals surface area (Å²) in [6.07, 6.45) is 1.66. The molecule has 3 aromatic rings. The van der Waals surface area contributed by atoms with Gasteiger partial charge in [-0.25, -0.2) is 0 Å². The highest BCUT2D eigenvalue weighted by Crippen LogP contribution is 2.22. The molecule has 0 unspecified atom stereocenters. The van der Waals surface area contributed by atoms with E-state index < -0.39 is 0 Å². The van der Waals surface area contributed by atoms with Crippen LogP contribution < -0.4 is 5.73 Å². The molecular weight excluding hydrogens is 250 g/mol. The van der Waals surface area contributed by atoms with Crippen LogP contribution in [0.25, 0.3) is 10.9 Å². The van der Waals surface area contributed by atoms with E-state index in [9.17, 15) is 4.79 Å². The normalized spacial score (nSPS) is 10.3. The largest absolute Gasteiger partial charge is 0.399 e. The SMILES string of the molecule is N#Cc1ccc2c(C(=O)c3cccc(N)c3)c[nH]c2c1. The van der Waals surface area contributed by atoms with Gasteiger partial charge >= 0.3 is 0 Å². The third-order valence-corrected chi connectivity index (χ3v) is 3.20. The zero-order valence-corrected chi connectivity index (χ0v) is 10.6. The van der Waals surface area contributed by atoms with Crippen molar-refractivity contribution in [2.24, 2.45) is 0 Å². The van der Waals surface area contributed by atoms with Crippen molar-refractivity contribution < 1.29 is 4.79 Å². The zero-order valence-electron chi connectivity index (χ0n) is 10.6. The molecule has 0 aliphatic carbocycles. The van der Waals surface area contributed by atoms with Crippen LogP contribution in [-0.4, -0.2) is 10.8 Å². The number of carbonyl (C=O) groups excluding carboxylic acids is 1. The number of benzene rings is 2. The fourth-order valence-corrected chi connectivity index (χ4v) is 2.22. The Balaban J connectivity index is 2.11. The summed E-state index contributed by atoms with van der Waals surface area (Å²) in [6, 6.07) is 14.2. The Bertz CT molecular complexity index is 856. The maximum atomic E-state index is 12.5. The summed E-state index contributed by atoms with van der Waals surface area (Å²) < 4.78 is 0. The van der Waals surface area contributed by atoms with Crippen LogP contribution in [0.1, 0.15) is 21.5 Å². The summed E-state index contributed by atoms with van der Waals surface area (Å²) in [5.41, 5.74) is 8.72. The van der Waals surface area contributed by atoms with Crippen molar-refractivity contribution in [2.75, 3.05) is 5.73 Å². The molecule has 3 N–H and O–H groups in total. The molecule has 2 aromatic carbocycles. The third-order valence-electron chi connectivity index (χ3n) is 3.20. The van der Waals surface area contributed by atoms with E-state index in [2.05, 4.69) is 11.1 Å². The van der Waals surface area contributed by atoms with Crippen LogP contribution in [0.15, 0.2) is 48.7 Å². The van der Waals surface area contributed by atoms with Crippen LogP contribution in [0.4, 0.5) is 5.69 Å². The van der Waals surface area contributed by atoms with Gasteiger partial charge < -0.3 is 10.7 Å². The quantitative estimate of drug-likeness (QED) is 0.549. The summed E-state index contributed by atoms with van der Waals surface area (Å²) >= 11 is 0. The molecule has 0 spiro atoms. The molecule has 4 heteroatoms. The predicted octanol–water partition coefficient (Wildman–Crippen LogP) is 2.85. The zero-order chi connectivity index (χ0) is 14.1. The third kappa shape index (κ3) is 1.91. The average molecular weight is 261 g/mol. The van der Waals surface area contributed by atoms with Crippen LogP contribution in [-0.2, 0) is 0 Å². The summed E-state index contributed by atoms with van der Waals surface area (Å²) in [5, 5.41) is 9.68. The van der Waals surface area contributed by atoms with Gasteiger partial charge in [-0.2, -0.15) is 5.26 Å². The molecule has 0 atom stereocenters. The second-order valence-electron chi connectivity index (χ2n) is 4.53. The van der Waals surface area contributed by atoms with E-state index in [1.54, 1.807) is 48.7 Å². The number of nitrogens with zero attached hydrogens (tertiary/aromatic N) is 1. The van der Waals surface area contributed by atoms with Gasteiger partial charge in [0.05, 0.1) is 11.6 Å². The average Bonchev–Trinajstić information content (AvgIpc) is 2.89. The molecule has 4 nitrogen and oxygen atoms in total. The van der Waals surface area contributed by atoms with Crippen molar-refractivity contribution in [3.05, 3.63) is 65.4 Å². The minimum absolute atomic E-state index is 0.0896. The lowest BCUT2D eigenvalue weighted by atomic mass is 10.0. The number of aromatic nitrogens is 1. The first kappa shape index (κ1) is 12.0. The topological polar surface area (TPSA) is 82.7 Å². The summed E-state index contributed by atoms with van der Waals surface area (Å²) in [6.45, 7) is 0. The van der Waals surface area contributed by atoms with Crippen LogP contribution in [0.3, 0.4) is 0 Å². The lowest BCUT2D eigenvalue weighted by molar-refractivity contribution is 0.104. The number of ketones is 1. The monoisotopic (exact) mass is 261 g/mol. The lowest BCUT2D eigenvalue weighted by Crippen LogP contribution is -2.01. The van der Waals surface area contributed by atoms with E-state index in [1.165, 1.54) is 0 Å². The molecule has 0 aliphatic heterocycles.